The lowest BCUT2D eigenvalue weighted by Crippen LogP contribution is -2.32. The fourth-order valence-electron chi connectivity index (χ4n) is 2.42. The molecular weight excluding hydrogens is 436 g/mol. The molecular formula is C15H22F3IN4O. The first kappa shape index (κ1) is 20.8. The SMILES string of the molecule is I.NC(=NCCN1CCCCC1)Nc1ccc(OC(F)(F)F)cc1. The lowest BCUT2D eigenvalue weighted by Gasteiger charge is -2.25. The fourth-order valence-corrected chi connectivity index (χ4v) is 2.42. The number of benzene rings is 1. The molecule has 0 aliphatic carbocycles. The molecule has 1 fully saturated rings. The van der Waals surface area contributed by atoms with Gasteiger partial charge in [-0.3, -0.25) is 4.99 Å². The molecule has 0 spiro atoms. The third kappa shape index (κ3) is 8.04. The van der Waals surface area contributed by atoms with Gasteiger partial charge in [0.05, 0.1) is 6.54 Å². The molecule has 5 nitrogen and oxygen atoms in total. The molecule has 0 bridgehead atoms. The highest BCUT2D eigenvalue weighted by Crippen LogP contribution is 2.23. The van der Waals surface area contributed by atoms with E-state index in [1.807, 2.05) is 0 Å². The summed E-state index contributed by atoms with van der Waals surface area (Å²) in [4.78, 5) is 6.58. The average Bonchev–Trinajstić information content (AvgIpc) is 2.49. The second-order valence-electron chi connectivity index (χ2n) is 5.37. The summed E-state index contributed by atoms with van der Waals surface area (Å²) in [5, 5.41) is 2.84. The molecule has 136 valence electrons. The molecule has 0 atom stereocenters. The summed E-state index contributed by atoms with van der Waals surface area (Å²) >= 11 is 0. The molecule has 1 aromatic carbocycles. The molecule has 1 aliphatic rings. The topological polar surface area (TPSA) is 62.9 Å². The molecule has 0 amide bonds. The van der Waals surface area contributed by atoms with Gasteiger partial charge in [-0.25, -0.2) is 0 Å². The van der Waals surface area contributed by atoms with Gasteiger partial charge in [0.15, 0.2) is 5.96 Å². The molecule has 0 radical (unpaired) electrons. The van der Waals surface area contributed by atoms with E-state index in [1.165, 1.54) is 43.5 Å². The third-order valence-corrected chi connectivity index (χ3v) is 3.51. The van der Waals surface area contributed by atoms with Gasteiger partial charge in [-0.05, 0) is 50.2 Å². The number of hydrogen-bond donors (Lipinski definition) is 2. The number of likely N-dealkylation sites (tertiary alicyclic amines) is 1. The first-order valence-corrected chi connectivity index (χ1v) is 7.57. The Kier molecular flexibility index (Phi) is 8.60. The van der Waals surface area contributed by atoms with Crippen molar-refractivity contribution in [2.24, 2.45) is 10.7 Å². The second-order valence-corrected chi connectivity index (χ2v) is 5.37. The van der Waals surface area contributed by atoms with Crippen LogP contribution >= 0.6 is 24.0 Å². The summed E-state index contributed by atoms with van der Waals surface area (Å²) in [6.07, 6.45) is -0.949. The average molecular weight is 458 g/mol. The third-order valence-electron chi connectivity index (χ3n) is 3.51. The van der Waals surface area contributed by atoms with Gasteiger partial charge >= 0.3 is 6.36 Å². The number of hydrogen-bond acceptors (Lipinski definition) is 3. The largest absolute Gasteiger partial charge is 0.573 e. The minimum atomic E-state index is -4.69. The number of ether oxygens (including phenoxy) is 1. The number of aliphatic imine (C=N–C) groups is 1. The summed E-state index contributed by atoms with van der Waals surface area (Å²) < 4.78 is 40.0. The zero-order valence-corrected chi connectivity index (χ0v) is 15.5. The van der Waals surface area contributed by atoms with Crippen molar-refractivity contribution in [2.75, 3.05) is 31.5 Å². The van der Waals surface area contributed by atoms with Crippen LogP contribution in [0.25, 0.3) is 0 Å². The first-order valence-electron chi connectivity index (χ1n) is 7.57. The molecule has 0 aromatic heterocycles. The molecule has 0 saturated carbocycles. The molecule has 1 aliphatic heterocycles. The van der Waals surface area contributed by atoms with Crippen LogP contribution in [0, 0.1) is 0 Å². The van der Waals surface area contributed by atoms with Crippen molar-refractivity contribution < 1.29 is 17.9 Å². The molecule has 1 saturated heterocycles. The molecule has 1 heterocycles. The van der Waals surface area contributed by atoms with Crippen LogP contribution in [0.2, 0.25) is 0 Å². The van der Waals surface area contributed by atoms with Gasteiger partial charge in [-0.1, -0.05) is 6.42 Å². The number of nitrogens with two attached hydrogens (primary N) is 1. The Labute approximate surface area is 156 Å². The number of piperidine rings is 1. The van der Waals surface area contributed by atoms with Gasteiger partial charge in [0, 0.05) is 12.2 Å². The maximum absolute atomic E-state index is 12.1. The van der Waals surface area contributed by atoms with E-state index in [1.54, 1.807) is 0 Å². The van der Waals surface area contributed by atoms with Crippen molar-refractivity contribution in [1.29, 1.82) is 0 Å². The number of anilines is 1. The Bertz CT molecular complexity index is 516. The molecule has 3 N–H and O–H groups in total. The minimum absolute atomic E-state index is 0. The minimum Gasteiger partial charge on any atom is -0.406 e. The van der Waals surface area contributed by atoms with Crippen molar-refractivity contribution in [2.45, 2.75) is 25.6 Å². The van der Waals surface area contributed by atoms with E-state index in [-0.39, 0.29) is 35.7 Å². The normalized spacial score (nSPS) is 16.4. The molecule has 1 aromatic rings. The Morgan fingerprint density at radius 3 is 2.38 bits per heavy atom. The summed E-state index contributed by atoms with van der Waals surface area (Å²) in [6, 6.07) is 5.34. The molecule has 0 unspecified atom stereocenters. The molecule has 24 heavy (non-hydrogen) atoms. The molecule has 9 heteroatoms. The number of halogens is 4. The second kappa shape index (κ2) is 9.92. The Morgan fingerprint density at radius 2 is 1.79 bits per heavy atom. The van der Waals surface area contributed by atoms with Crippen LogP contribution in [-0.2, 0) is 0 Å². The smallest absolute Gasteiger partial charge is 0.406 e. The first-order chi connectivity index (χ1) is 10.9. The summed E-state index contributed by atoms with van der Waals surface area (Å²) in [7, 11) is 0. The van der Waals surface area contributed by atoms with E-state index in [9.17, 15) is 13.2 Å². The van der Waals surface area contributed by atoms with E-state index in [0.29, 0.717) is 12.2 Å². The van der Waals surface area contributed by atoms with Crippen molar-refractivity contribution in [3.8, 4) is 5.75 Å². The number of nitrogens with zero attached hydrogens (tertiary/aromatic N) is 2. The van der Waals surface area contributed by atoms with Crippen LogP contribution in [0.4, 0.5) is 18.9 Å². The van der Waals surface area contributed by atoms with Crippen LogP contribution in [0.3, 0.4) is 0 Å². The zero-order valence-electron chi connectivity index (χ0n) is 13.2. The van der Waals surface area contributed by atoms with E-state index in [0.717, 1.165) is 19.6 Å². The van der Waals surface area contributed by atoms with Gasteiger partial charge in [0.1, 0.15) is 5.75 Å². The summed E-state index contributed by atoms with van der Waals surface area (Å²) in [5.41, 5.74) is 6.32. The van der Waals surface area contributed by atoms with Crippen LogP contribution in [0.15, 0.2) is 29.3 Å². The lowest BCUT2D eigenvalue weighted by molar-refractivity contribution is -0.274. The van der Waals surface area contributed by atoms with Gasteiger partial charge in [-0.15, -0.1) is 37.1 Å². The van der Waals surface area contributed by atoms with Crippen LogP contribution in [0.1, 0.15) is 19.3 Å². The summed E-state index contributed by atoms with van der Waals surface area (Å²) in [5.74, 6) is -0.0323. The van der Waals surface area contributed by atoms with Crippen molar-refractivity contribution in [3.05, 3.63) is 24.3 Å². The number of nitrogens with one attached hydrogen (secondary N) is 1. The summed E-state index contributed by atoms with van der Waals surface area (Å²) in [6.45, 7) is 3.65. The number of guanidine groups is 1. The van der Waals surface area contributed by atoms with Crippen molar-refractivity contribution in [3.63, 3.8) is 0 Å². The van der Waals surface area contributed by atoms with E-state index >= 15 is 0 Å². The standard InChI is InChI=1S/C15H21F3N4O.HI/c16-15(17,18)23-13-6-4-12(5-7-13)21-14(19)20-8-11-22-9-2-1-3-10-22;/h4-7H,1-3,8-11H2,(H3,19,20,21);1H. The quantitative estimate of drug-likeness (QED) is 0.404. The van der Waals surface area contributed by atoms with Crippen molar-refractivity contribution >= 4 is 35.6 Å². The Balaban J connectivity index is 0.00000288. The van der Waals surface area contributed by atoms with Gasteiger partial charge in [0.25, 0.3) is 0 Å². The zero-order chi connectivity index (χ0) is 16.7. The highest BCUT2D eigenvalue weighted by Gasteiger charge is 2.30. The van der Waals surface area contributed by atoms with Gasteiger partial charge < -0.3 is 20.7 Å². The van der Waals surface area contributed by atoms with E-state index < -0.39 is 6.36 Å². The fraction of sp³-hybridized carbons (Fsp3) is 0.533. The molecule has 2 rings (SSSR count). The monoisotopic (exact) mass is 458 g/mol. The Hall–Kier alpha value is -1.23. The lowest BCUT2D eigenvalue weighted by atomic mass is 10.1. The van der Waals surface area contributed by atoms with Crippen molar-refractivity contribution in [1.82, 2.24) is 4.90 Å². The number of rotatable bonds is 5. The predicted octanol–water partition coefficient (Wildman–Crippen LogP) is 3.42. The van der Waals surface area contributed by atoms with E-state index in [4.69, 9.17) is 5.73 Å². The van der Waals surface area contributed by atoms with E-state index in [2.05, 4.69) is 19.9 Å². The maximum atomic E-state index is 12.1. The van der Waals surface area contributed by atoms with Gasteiger partial charge in [0.2, 0.25) is 0 Å². The Morgan fingerprint density at radius 1 is 1.17 bits per heavy atom. The highest BCUT2D eigenvalue weighted by atomic mass is 127. The van der Waals surface area contributed by atoms with Gasteiger partial charge in [-0.2, -0.15) is 0 Å². The van der Waals surface area contributed by atoms with Crippen LogP contribution in [0.5, 0.6) is 5.75 Å². The van der Waals surface area contributed by atoms with Crippen LogP contribution < -0.4 is 15.8 Å². The highest BCUT2D eigenvalue weighted by molar-refractivity contribution is 14.0. The van der Waals surface area contributed by atoms with Crippen LogP contribution in [-0.4, -0.2) is 43.4 Å². The predicted molar refractivity (Wildman–Crippen MR) is 98.9 cm³/mol. The maximum Gasteiger partial charge on any atom is 0.573 e. The number of alkyl halides is 3.